The van der Waals surface area contributed by atoms with Gasteiger partial charge in [-0.05, 0) is 43.5 Å². The van der Waals surface area contributed by atoms with E-state index in [1.54, 1.807) is 0 Å². The molecule has 0 bridgehead atoms. The maximum absolute atomic E-state index is 12.5. The van der Waals surface area contributed by atoms with Crippen molar-refractivity contribution in [3.8, 4) is 0 Å². The maximum Gasteiger partial charge on any atom is 0.230 e. The largest absolute Gasteiger partial charge is 0.354 e. The third-order valence-corrected chi connectivity index (χ3v) is 4.58. The van der Waals surface area contributed by atoms with Crippen molar-refractivity contribution in [2.24, 2.45) is 0 Å². The molecule has 0 aliphatic heterocycles. The Morgan fingerprint density at radius 1 is 1.19 bits per heavy atom. The van der Waals surface area contributed by atoms with Crippen molar-refractivity contribution in [2.45, 2.75) is 38.0 Å². The normalized spacial score (nSPS) is 15.7. The molecule has 5 heteroatoms. The number of amides is 1. The molecule has 2 rings (SSSR count). The van der Waals surface area contributed by atoms with E-state index in [0.29, 0.717) is 6.54 Å². The van der Waals surface area contributed by atoms with Crippen LogP contribution >= 0.6 is 28.3 Å². The van der Waals surface area contributed by atoms with Crippen molar-refractivity contribution in [3.05, 3.63) is 34.3 Å². The summed E-state index contributed by atoms with van der Waals surface area (Å²) in [5.41, 5.74) is 0.858. The fourth-order valence-corrected chi connectivity index (χ4v) is 2.95. The van der Waals surface area contributed by atoms with Crippen LogP contribution in [0.15, 0.2) is 28.7 Å². The summed E-state index contributed by atoms with van der Waals surface area (Å²) in [6.07, 6.45) is 4.18. The zero-order valence-corrected chi connectivity index (χ0v) is 14.9. The number of hydrogen-bond acceptors (Lipinski definition) is 2. The summed E-state index contributed by atoms with van der Waals surface area (Å²) < 4.78 is 1.06. The quantitative estimate of drug-likeness (QED) is 0.717. The average Bonchev–Trinajstić information content (AvgIpc) is 2.39. The lowest BCUT2D eigenvalue weighted by molar-refractivity contribution is -0.129. The lowest BCUT2D eigenvalue weighted by Gasteiger charge is -2.40. The molecule has 118 valence electrons. The minimum Gasteiger partial charge on any atom is -0.354 e. The first-order chi connectivity index (χ1) is 9.69. The Morgan fingerprint density at radius 3 is 2.38 bits per heavy atom. The number of halogens is 2. The van der Waals surface area contributed by atoms with Gasteiger partial charge in [0.25, 0.3) is 0 Å². The van der Waals surface area contributed by atoms with Crippen LogP contribution in [0, 0.1) is 0 Å². The molecular formula is C16H24BrClN2O. The second kappa shape index (κ2) is 8.76. The number of rotatable bonds is 7. The molecule has 1 amide bonds. The predicted octanol–water partition coefficient (Wildman–Crippen LogP) is 3.41. The van der Waals surface area contributed by atoms with Gasteiger partial charge in [0.2, 0.25) is 5.91 Å². The molecule has 1 aromatic carbocycles. The summed E-state index contributed by atoms with van der Waals surface area (Å²) in [6, 6.07) is 8.17. The van der Waals surface area contributed by atoms with E-state index in [0.717, 1.165) is 48.8 Å². The smallest absolute Gasteiger partial charge is 0.230 e. The molecule has 0 heterocycles. The molecule has 0 radical (unpaired) electrons. The van der Waals surface area contributed by atoms with Crippen LogP contribution < -0.4 is 10.6 Å². The molecule has 3 nitrogen and oxygen atoms in total. The summed E-state index contributed by atoms with van der Waals surface area (Å²) in [5, 5.41) is 6.39. The van der Waals surface area contributed by atoms with Gasteiger partial charge in [0.1, 0.15) is 0 Å². The van der Waals surface area contributed by atoms with Gasteiger partial charge >= 0.3 is 0 Å². The van der Waals surface area contributed by atoms with Crippen molar-refractivity contribution in [2.75, 3.05) is 19.6 Å². The van der Waals surface area contributed by atoms with Crippen molar-refractivity contribution in [3.63, 3.8) is 0 Å². The van der Waals surface area contributed by atoms with Crippen molar-refractivity contribution < 1.29 is 4.79 Å². The summed E-state index contributed by atoms with van der Waals surface area (Å²) in [5.74, 6) is 0.185. The molecule has 2 N–H and O–H groups in total. The van der Waals surface area contributed by atoms with Crippen LogP contribution in [-0.2, 0) is 10.2 Å². The van der Waals surface area contributed by atoms with E-state index in [9.17, 15) is 4.79 Å². The first-order valence-corrected chi connectivity index (χ1v) is 8.23. The number of benzene rings is 1. The second-order valence-corrected chi connectivity index (χ2v) is 6.36. The Hall–Kier alpha value is -0.580. The highest BCUT2D eigenvalue weighted by molar-refractivity contribution is 9.10. The third kappa shape index (κ3) is 4.44. The van der Waals surface area contributed by atoms with Crippen LogP contribution in [0.4, 0.5) is 0 Å². The Labute approximate surface area is 141 Å². The van der Waals surface area contributed by atoms with Gasteiger partial charge in [-0.15, -0.1) is 12.4 Å². The van der Waals surface area contributed by atoms with E-state index in [2.05, 4.69) is 45.6 Å². The Bertz CT molecular complexity index is 446. The highest BCUT2D eigenvalue weighted by Crippen LogP contribution is 2.44. The van der Waals surface area contributed by atoms with Gasteiger partial charge in [0.05, 0.1) is 5.41 Å². The van der Waals surface area contributed by atoms with Crippen molar-refractivity contribution in [1.82, 2.24) is 10.6 Å². The highest BCUT2D eigenvalue weighted by atomic mass is 79.9. The molecule has 0 unspecified atom stereocenters. The Morgan fingerprint density at radius 2 is 1.86 bits per heavy atom. The van der Waals surface area contributed by atoms with E-state index in [1.165, 1.54) is 0 Å². The molecule has 0 spiro atoms. The molecule has 21 heavy (non-hydrogen) atoms. The van der Waals surface area contributed by atoms with Crippen LogP contribution in [0.3, 0.4) is 0 Å². The van der Waals surface area contributed by atoms with Crippen molar-refractivity contribution in [1.29, 1.82) is 0 Å². The van der Waals surface area contributed by atoms with Gasteiger partial charge in [-0.25, -0.2) is 0 Å². The molecule has 0 atom stereocenters. The number of hydrogen-bond donors (Lipinski definition) is 2. The Balaban J connectivity index is 0.00000220. The molecule has 0 aromatic heterocycles. The Kier molecular flexibility index (Phi) is 7.71. The zero-order chi connectivity index (χ0) is 14.4. The zero-order valence-electron chi connectivity index (χ0n) is 12.5. The number of carbonyl (C=O) groups excluding carboxylic acids is 1. The van der Waals surface area contributed by atoms with E-state index < -0.39 is 0 Å². The standard InChI is InChI=1S/C16H23BrN2O.ClH/c1-2-10-18-11-12-19-15(20)16(8-3-9-16)13-4-6-14(17)7-5-13;/h4-7,18H,2-3,8-12H2,1H3,(H,19,20);1H. The van der Waals surface area contributed by atoms with E-state index in [-0.39, 0.29) is 23.7 Å². The predicted molar refractivity (Wildman–Crippen MR) is 93.1 cm³/mol. The third-order valence-electron chi connectivity index (χ3n) is 4.05. The lowest BCUT2D eigenvalue weighted by atomic mass is 9.64. The van der Waals surface area contributed by atoms with E-state index in [4.69, 9.17) is 0 Å². The molecular weight excluding hydrogens is 352 g/mol. The fraction of sp³-hybridized carbons (Fsp3) is 0.562. The molecule has 1 fully saturated rings. The van der Waals surface area contributed by atoms with Gasteiger partial charge in [-0.3, -0.25) is 4.79 Å². The fourth-order valence-electron chi connectivity index (χ4n) is 2.68. The van der Waals surface area contributed by atoms with Gasteiger partial charge in [-0.2, -0.15) is 0 Å². The van der Waals surface area contributed by atoms with E-state index in [1.807, 2.05) is 12.1 Å². The van der Waals surface area contributed by atoms with Gasteiger partial charge in [-0.1, -0.05) is 41.4 Å². The average molecular weight is 376 g/mol. The van der Waals surface area contributed by atoms with Crippen LogP contribution in [0.25, 0.3) is 0 Å². The van der Waals surface area contributed by atoms with Crippen LogP contribution in [0.5, 0.6) is 0 Å². The highest BCUT2D eigenvalue weighted by Gasteiger charge is 2.45. The van der Waals surface area contributed by atoms with Crippen LogP contribution in [-0.4, -0.2) is 25.5 Å². The van der Waals surface area contributed by atoms with E-state index >= 15 is 0 Å². The molecule has 1 aliphatic rings. The summed E-state index contributed by atoms with van der Waals surface area (Å²) >= 11 is 3.45. The minimum atomic E-state index is -0.286. The first kappa shape index (κ1) is 18.5. The maximum atomic E-state index is 12.5. The SMILES string of the molecule is CCCNCCNC(=O)C1(c2ccc(Br)cc2)CCC1.Cl. The minimum absolute atomic E-state index is 0. The molecule has 1 saturated carbocycles. The van der Waals surface area contributed by atoms with Gasteiger partial charge < -0.3 is 10.6 Å². The van der Waals surface area contributed by atoms with Crippen LogP contribution in [0.1, 0.15) is 38.2 Å². The molecule has 1 aromatic rings. The van der Waals surface area contributed by atoms with Gasteiger partial charge in [0, 0.05) is 17.6 Å². The number of carbonyl (C=O) groups is 1. The first-order valence-electron chi connectivity index (χ1n) is 7.44. The molecule has 0 saturated heterocycles. The van der Waals surface area contributed by atoms with Crippen molar-refractivity contribution >= 4 is 34.2 Å². The lowest BCUT2D eigenvalue weighted by Crippen LogP contribution is -2.50. The monoisotopic (exact) mass is 374 g/mol. The second-order valence-electron chi connectivity index (χ2n) is 5.45. The molecule has 1 aliphatic carbocycles. The number of nitrogens with one attached hydrogen (secondary N) is 2. The summed E-state index contributed by atoms with van der Waals surface area (Å²) in [7, 11) is 0. The topological polar surface area (TPSA) is 41.1 Å². The summed E-state index contributed by atoms with van der Waals surface area (Å²) in [6.45, 7) is 4.70. The van der Waals surface area contributed by atoms with Crippen LogP contribution in [0.2, 0.25) is 0 Å². The van der Waals surface area contributed by atoms with Gasteiger partial charge in [0.15, 0.2) is 0 Å². The summed E-state index contributed by atoms with van der Waals surface area (Å²) in [4.78, 5) is 12.5.